The van der Waals surface area contributed by atoms with Crippen LogP contribution >= 0.6 is 0 Å². The normalized spacial score (nSPS) is 24.7. The highest BCUT2D eigenvalue weighted by Gasteiger charge is 2.59. The molecule has 2 aliphatic rings. The second-order valence-electron chi connectivity index (χ2n) is 5.74. The predicted molar refractivity (Wildman–Crippen MR) is 74.8 cm³/mol. The van der Waals surface area contributed by atoms with Gasteiger partial charge in [0.1, 0.15) is 4.90 Å². The van der Waals surface area contributed by atoms with Crippen LogP contribution in [0.2, 0.25) is 0 Å². The van der Waals surface area contributed by atoms with Crippen molar-refractivity contribution in [2.45, 2.75) is 24.2 Å². The van der Waals surface area contributed by atoms with E-state index in [1.807, 2.05) is 0 Å². The molecule has 0 aromatic carbocycles. The summed E-state index contributed by atoms with van der Waals surface area (Å²) in [6.07, 6.45) is 5.17. The van der Waals surface area contributed by atoms with Gasteiger partial charge in [0, 0.05) is 25.5 Å². The smallest absolute Gasteiger partial charge is 0.309 e. The lowest BCUT2D eigenvalue weighted by Gasteiger charge is -2.31. The Labute approximate surface area is 124 Å². The number of nitrogens with zero attached hydrogens (tertiary/aromatic N) is 2. The van der Waals surface area contributed by atoms with E-state index in [4.69, 9.17) is 4.74 Å². The molecule has 1 atom stereocenters. The molecule has 1 aromatic rings. The molecular weight excluding hydrogens is 292 g/mol. The molecule has 6 nitrogen and oxygen atoms in total. The van der Waals surface area contributed by atoms with Crippen molar-refractivity contribution in [1.29, 1.82) is 0 Å². The summed E-state index contributed by atoms with van der Waals surface area (Å²) in [5.74, 6) is -0.218. The molecular formula is C14H18N2O4S. The minimum absolute atomic E-state index is 0.0337. The summed E-state index contributed by atoms with van der Waals surface area (Å²) in [5, 5.41) is 0. The topological polar surface area (TPSA) is 76.6 Å². The summed E-state index contributed by atoms with van der Waals surface area (Å²) in [6, 6.07) is 3.17. The van der Waals surface area contributed by atoms with E-state index in [-0.39, 0.29) is 22.2 Å². The zero-order valence-electron chi connectivity index (χ0n) is 11.9. The number of sulfonamides is 1. The lowest BCUT2D eigenvalue weighted by Crippen LogP contribution is -2.40. The van der Waals surface area contributed by atoms with Crippen molar-refractivity contribution in [3.8, 4) is 0 Å². The summed E-state index contributed by atoms with van der Waals surface area (Å²) in [4.78, 5) is 15.7. The maximum absolute atomic E-state index is 12.5. The van der Waals surface area contributed by atoms with E-state index in [1.54, 1.807) is 18.3 Å². The predicted octanol–water partition coefficient (Wildman–Crippen LogP) is 1.05. The van der Waals surface area contributed by atoms with Crippen LogP contribution in [0.5, 0.6) is 0 Å². The highest BCUT2D eigenvalue weighted by atomic mass is 32.2. The fourth-order valence-electron chi connectivity index (χ4n) is 3.20. The lowest BCUT2D eigenvalue weighted by atomic mass is 9.92. The van der Waals surface area contributed by atoms with Crippen molar-refractivity contribution >= 4 is 16.0 Å². The maximum Gasteiger partial charge on any atom is 0.309 e. The van der Waals surface area contributed by atoms with E-state index >= 15 is 0 Å². The first-order chi connectivity index (χ1) is 9.99. The van der Waals surface area contributed by atoms with Gasteiger partial charge < -0.3 is 4.74 Å². The Bertz CT molecular complexity index is 636. The van der Waals surface area contributed by atoms with Crippen molar-refractivity contribution < 1.29 is 17.9 Å². The van der Waals surface area contributed by atoms with Gasteiger partial charge in [0.15, 0.2) is 0 Å². The fourth-order valence-corrected chi connectivity index (χ4v) is 4.60. The van der Waals surface area contributed by atoms with Crippen LogP contribution in [0.15, 0.2) is 29.4 Å². The van der Waals surface area contributed by atoms with E-state index in [9.17, 15) is 13.2 Å². The molecule has 0 bridgehead atoms. The molecule has 0 radical (unpaired) electrons. The number of esters is 1. The fraction of sp³-hybridized carbons (Fsp3) is 0.571. The van der Waals surface area contributed by atoms with Crippen molar-refractivity contribution in [2.75, 3.05) is 20.2 Å². The third kappa shape index (κ3) is 2.44. The quantitative estimate of drug-likeness (QED) is 0.780. The minimum Gasteiger partial charge on any atom is -0.469 e. The zero-order chi connectivity index (χ0) is 15.1. The first-order valence-corrected chi connectivity index (χ1v) is 8.42. The lowest BCUT2D eigenvalue weighted by molar-refractivity contribution is -0.143. The summed E-state index contributed by atoms with van der Waals surface area (Å²) in [6.45, 7) is 0.898. The van der Waals surface area contributed by atoms with Crippen molar-refractivity contribution in [3.05, 3.63) is 24.5 Å². The van der Waals surface area contributed by atoms with Gasteiger partial charge in [-0.05, 0) is 36.8 Å². The molecule has 2 fully saturated rings. The van der Waals surface area contributed by atoms with Gasteiger partial charge in [-0.25, -0.2) is 8.42 Å². The second-order valence-corrected chi connectivity index (χ2v) is 7.67. The summed E-state index contributed by atoms with van der Waals surface area (Å²) in [5.41, 5.74) is -0.0337. The first-order valence-electron chi connectivity index (χ1n) is 6.98. The van der Waals surface area contributed by atoms with Crippen LogP contribution < -0.4 is 0 Å². The Kier molecular flexibility index (Phi) is 3.49. The molecule has 0 N–H and O–H groups in total. The van der Waals surface area contributed by atoms with Gasteiger partial charge in [0.2, 0.25) is 10.0 Å². The van der Waals surface area contributed by atoms with Crippen LogP contribution in [-0.4, -0.2) is 43.9 Å². The van der Waals surface area contributed by atoms with Gasteiger partial charge in [-0.3, -0.25) is 9.78 Å². The molecule has 1 aliphatic carbocycles. The number of piperidine rings is 1. The molecule has 0 unspecified atom stereocenters. The standard InChI is InChI=1S/C14H18N2O4S/c1-20-13(17)12-9-14(12)4-7-16(8-5-14)21(18,19)11-3-2-6-15-10-11/h2-3,6,10,12H,4-5,7-9H2,1H3/t12-/m0/s1. The number of methoxy groups -OCH3 is 1. The van der Waals surface area contributed by atoms with Gasteiger partial charge in [0.25, 0.3) is 0 Å². The van der Waals surface area contributed by atoms with E-state index in [1.165, 1.54) is 17.6 Å². The summed E-state index contributed by atoms with van der Waals surface area (Å²) >= 11 is 0. The molecule has 1 saturated carbocycles. The maximum atomic E-state index is 12.5. The average Bonchev–Trinajstić information content (AvgIpc) is 3.21. The first kappa shape index (κ1) is 14.5. The molecule has 1 spiro atoms. The minimum atomic E-state index is -3.47. The van der Waals surface area contributed by atoms with Gasteiger partial charge in [-0.1, -0.05) is 0 Å². The van der Waals surface area contributed by atoms with Gasteiger partial charge >= 0.3 is 5.97 Å². The van der Waals surface area contributed by atoms with Crippen molar-refractivity contribution in [1.82, 2.24) is 9.29 Å². The van der Waals surface area contributed by atoms with Crippen molar-refractivity contribution in [2.24, 2.45) is 11.3 Å². The second kappa shape index (κ2) is 5.06. The zero-order valence-corrected chi connectivity index (χ0v) is 12.7. The van der Waals surface area contributed by atoms with E-state index in [0.717, 1.165) is 6.42 Å². The molecule has 3 rings (SSSR count). The van der Waals surface area contributed by atoms with E-state index in [0.29, 0.717) is 25.9 Å². The van der Waals surface area contributed by atoms with E-state index < -0.39 is 10.0 Å². The number of ether oxygens (including phenoxy) is 1. The SMILES string of the molecule is COC(=O)[C@@H]1CC12CCN(S(=O)(=O)c1cccnc1)CC2. The molecule has 0 amide bonds. The number of rotatable bonds is 3. The van der Waals surface area contributed by atoms with Crippen molar-refractivity contribution in [3.63, 3.8) is 0 Å². The molecule has 114 valence electrons. The summed E-state index contributed by atoms with van der Waals surface area (Å²) in [7, 11) is -2.07. The number of aromatic nitrogens is 1. The van der Waals surface area contributed by atoms with Gasteiger partial charge in [-0.2, -0.15) is 4.31 Å². The Morgan fingerprint density at radius 1 is 1.43 bits per heavy atom. The Morgan fingerprint density at radius 2 is 2.14 bits per heavy atom. The molecule has 7 heteroatoms. The Hall–Kier alpha value is -1.47. The number of pyridine rings is 1. The van der Waals surface area contributed by atoms with Crippen LogP contribution in [0.1, 0.15) is 19.3 Å². The molecule has 21 heavy (non-hydrogen) atoms. The highest BCUT2D eigenvalue weighted by Crippen LogP contribution is 2.60. The van der Waals surface area contributed by atoms with Crippen LogP contribution in [0.4, 0.5) is 0 Å². The number of carbonyl (C=O) groups is 1. The molecule has 1 saturated heterocycles. The van der Waals surface area contributed by atoms with Crippen LogP contribution in [0.3, 0.4) is 0 Å². The number of hydrogen-bond acceptors (Lipinski definition) is 5. The third-order valence-corrected chi connectivity index (χ3v) is 6.55. The monoisotopic (exact) mass is 310 g/mol. The molecule has 1 aromatic heterocycles. The van der Waals surface area contributed by atoms with Crippen LogP contribution in [0, 0.1) is 11.3 Å². The van der Waals surface area contributed by atoms with E-state index in [2.05, 4.69) is 4.98 Å². The number of hydrogen-bond donors (Lipinski definition) is 0. The van der Waals surface area contributed by atoms with Crippen LogP contribution in [0.25, 0.3) is 0 Å². The largest absolute Gasteiger partial charge is 0.469 e. The summed E-state index contributed by atoms with van der Waals surface area (Å²) < 4.78 is 31.2. The highest BCUT2D eigenvalue weighted by molar-refractivity contribution is 7.89. The average molecular weight is 310 g/mol. The van der Waals surface area contributed by atoms with Gasteiger partial charge in [-0.15, -0.1) is 0 Å². The Balaban J connectivity index is 1.69. The number of carbonyl (C=O) groups excluding carboxylic acids is 1. The Morgan fingerprint density at radius 3 is 2.71 bits per heavy atom. The van der Waals surface area contributed by atoms with Crippen LogP contribution in [-0.2, 0) is 19.6 Å². The molecule has 1 aliphatic heterocycles. The molecule has 2 heterocycles. The van der Waals surface area contributed by atoms with Gasteiger partial charge in [0.05, 0.1) is 13.0 Å². The third-order valence-electron chi connectivity index (χ3n) is 4.67.